The van der Waals surface area contributed by atoms with E-state index in [2.05, 4.69) is 13.8 Å². The van der Waals surface area contributed by atoms with E-state index in [9.17, 15) is 13.2 Å². The summed E-state index contributed by atoms with van der Waals surface area (Å²) in [4.78, 5) is 11.8. The van der Waals surface area contributed by atoms with Crippen LogP contribution in [0, 0.1) is 0 Å². The Balaban J connectivity index is 3.56. The molecule has 0 heterocycles. The molecule has 0 aliphatic heterocycles. The average Bonchev–Trinajstić information content (AvgIpc) is 2.65. The summed E-state index contributed by atoms with van der Waals surface area (Å²) in [7, 11) is -3.74. The van der Waals surface area contributed by atoms with E-state index in [-0.39, 0.29) is 22.5 Å². The Labute approximate surface area is 183 Å². The molecule has 0 aliphatic rings. The van der Waals surface area contributed by atoms with Crippen molar-refractivity contribution in [1.29, 1.82) is 0 Å². The Hall–Kier alpha value is -1.60. The molecule has 0 saturated carbocycles. The Kier molecular flexibility index (Phi) is 10.8. The van der Waals surface area contributed by atoms with Crippen molar-refractivity contribution in [2.24, 2.45) is 5.73 Å². The van der Waals surface area contributed by atoms with E-state index in [1.54, 1.807) is 16.4 Å². The lowest BCUT2D eigenvalue weighted by atomic mass is 9.94. The van der Waals surface area contributed by atoms with Gasteiger partial charge >= 0.3 is 6.09 Å². The van der Waals surface area contributed by atoms with Crippen molar-refractivity contribution in [2.45, 2.75) is 96.8 Å². The molecule has 1 amide bonds. The summed E-state index contributed by atoms with van der Waals surface area (Å²) in [6.07, 6.45) is 4.75. The zero-order valence-electron chi connectivity index (χ0n) is 19.5. The zero-order chi connectivity index (χ0) is 22.9. The van der Waals surface area contributed by atoms with Crippen LogP contribution in [-0.4, -0.2) is 31.9 Å². The Bertz CT molecular complexity index is 779. The van der Waals surface area contributed by atoms with Gasteiger partial charge in [0.25, 0.3) is 0 Å². The summed E-state index contributed by atoms with van der Waals surface area (Å²) in [6, 6.07) is 3.42. The first-order chi connectivity index (χ1) is 14.1. The van der Waals surface area contributed by atoms with Crippen LogP contribution in [0.3, 0.4) is 0 Å². The normalized spacial score (nSPS) is 12.2. The van der Waals surface area contributed by atoms with Crippen molar-refractivity contribution in [3.05, 3.63) is 23.3 Å². The Morgan fingerprint density at radius 1 is 0.967 bits per heavy atom. The molecular weight excluding hydrogens is 400 g/mol. The number of nitrogens with zero attached hydrogens (tertiary/aromatic N) is 1. The van der Waals surface area contributed by atoms with Gasteiger partial charge in [-0.05, 0) is 36.3 Å². The van der Waals surface area contributed by atoms with Crippen LogP contribution in [0.1, 0.15) is 103 Å². The fourth-order valence-corrected chi connectivity index (χ4v) is 5.47. The number of sulfonamides is 1. The van der Waals surface area contributed by atoms with E-state index in [0.29, 0.717) is 18.7 Å². The lowest BCUT2D eigenvalue weighted by Gasteiger charge is -2.27. The number of carbonyl (C=O) groups excluding carboxylic acids is 1. The van der Waals surface area contributed by atoms with E-state index in [1.165, 1.54) is 0 Å². The average molecular weight is 441 g/mol. The molecule has 7 heteroatoms. The molecule has 1 aromatic carbocycles. The molecule has 0 bridgehead atoms. The number of rotatable bonds is 13. The molecule has 1 rings (SSSR count). The highest BCUT2D eigenvalue weighted by Gasteiger charge is 2.31. The number of carbonyl (C=O) groups is 1. The van der Waals surface area contributed by atoms with E-state index in [1.807, 2.05) is 27.7 Å². The predicted molar refractivity (Wildman–Crippen MR) is 123 cm³/mol. The summed E-state index contributed by atoms with van der Waals surface area (Å²) in [5.41, 5.74) is 6.62. The van der Waals surface area contributed by atoms with E-state index in [0.717, 1.165) is 44.1 Å². The SMILES string of the molecule is CCCCCN(CCCCC)S(=O)(=O)c1ccc(C(C)C)c(OC(N)=O)c1C(C)C. The van der Waals surface area contributed by atoms with Crippen molar-refractivity contribution in [3.63, 3.8) is 0 Å². The lowest BCUT2D eigenvalue weighted by molar-refractivity contribution is 0.209. The summed E-state index contributed by atoms with van der Waals surface area (Å²) in [6.45, 7) is 13.0. The number of primary amides is 1. The summed E-state index contributed by atoms with van der Waals surface area (Å²) >= 11 is 0. The minimum absolute atomic E-state index is 0.0545. The maximum absolute atomic E-state index is 13.7. The van der Waals surface area contributed by atoms with Gasteiger partial charge in [0.1, 0.15) is 5.75 Å². The van der Waals surface area contributed by atoms with E-state index < -0.39 is 16.1 Å². The van der Waals surface area contributed by atoms with Crippen LogP contribution in [0.15, 0.2) is 17.0 Å². The van der Waals surface area contributed by atoms with Gasteiger partial charge in [-0.2, -0.15) is 4.31 Å². The van der Waals surface area contributed by atoms with Crippen LogP contribution < -0.4 is 10.5 Å². The van der Waals surface area contributed by atoms with Crippen molar-refractivity contribution in [1.82, 2.24) is 4.31 Å². The molecule has 30 heavy (non-hydrogen) atoms. The van der Waals surface area contributed by atoms with Crippen LogP contribution in [0.5, 0.6) is 5.75 Å². The number of amides is 1. The number of unbranched alkanes of at least 4 members (excludes halogenated alkanes) is 4. The number of hydrogen-bond acceptors (Lipinski definition) is 4. The van der Waals surface area contributed by atoms with E-state index in [4.69, 9.17) is 10.5 Å². The molecule has 0 radical (unpaired) electrons. The van der Waals surface area contributed by atoms with Gasteiger partial charge in [0, 0.05) is 18.7 Å². The highest BCUT2D eigenvalue weighted by Crippen LogP contribution is 2.40. The number of benzene rings is 1. The molecule has 0 spiro atoms. The van der Waals surface area contributed by atoms with Gasteiger partial charge in [-0.3, -0.25) is 0 Å². The van der Waals surface area contributed by atoms with Crippen LogP contribution in [0.4, 0.5) is 4.79 Å². The standard InChI is InChI=1S/C23H40N2O4S/c1-7-9-11-15-25(16-12-10-8-2)30(27,28)20-14-13-19(17(3)4)22(29-23(24)26)21(20)18(5)6/h13-14,17-18H,7-12,15-16H2,1-6H3,(H2,24,26). The largest absolute Gasteiger partial charge is 0.410 e. The quantitative estimate of drug-likeness (QED) is 0.395. The van der Waals surface area contributed by atoms with Crippen molar-refractivity contribution in [3.8, 4) is 5.75 Å². The molecule has 1 aromatic rings. The third kappa shape index (κ3) is 6.98. The summed E-state index contributed by atoms with van der Waals surface area (Å²) < 4.78 is 34.4. The van der Waals surface area contributed by atoms with Gasteiger partial charge in [-0.1, -0.05) is 73.3 Å². The van der Waals surface area contributed by atoms with Gasteiger partial charge in [0.15, 0.2) is 0 Å². The van der Waals surface area contributed by atoms with Crippen LogP contribution in [-0.2, 0) is 10.0 Å². The lowest BCUT2D eigenvalue weighted by Crippen LogP contribution is -2.34. The fraction of sp³-hybridized carbons (Fsp3) is 0.696. The zero-order valence-corrected chi connectivity index (χ0v) is 20.3. The molecule has 0 aromatic heterocycles. The molecule has 2 N–H and O–H groups in total. The third-order valence-electron chi connectivity index (χ3n) is 5.23. The van der Waals surface area contributed by atoms with E-state index >= 15 is 0 Å². The van der Waals surface area contributed by atoms with Gasteiger partial charge in [0.05, 0.1) is 4.90 Å². The van der Waals surface area contributed by atoms with Crippen LogP contribution in [0.25, 0.3) is 0 Å². The minimum Gasteiger partial charge on any atom is -0.410 e. The maximum atomic E-state index is 13.7. The second-order valence-corrected chi connectivity index (χ2v) is 10.4. The number of nitrogens with two attached hydrogens (primary N) is 1. The molecule has 172 valence electrons. The molecule has 0 unspecified atom stereocenters. The molecule has 0 atom stereocenters. The van der Waals surface area contributed by atoms with Gasteiger partial charge in [-0.15, -0.1) is 0 Å². The first-order valence-corrected chi connectivity index (χ1v) is 12.7. The Morgan fingerprint density at radius 2 is 1.50 bits per heavy atom. The van der Waals surface area contributed by atoms with Crippen LogP contribution in [0.2, 0.25) is 0 Å². The monoisotopic (exact) mass is 440 g/mol. The molecular formula is C23H40N2O4S. The molecule has 0 fully saturated rings. The van der Waals surface area contributed by atoms with Crippen molar-refractivity contribution in [2.75, 3.05) is 13.1 Å². The topological polar surface area (TPSA) is 89.7 Å². The van der Waals surface area contributed by atoms with Gasteiger partial charge < -0.3 is 10.5 Å². The predicted octanol–water partition coefficient (Wildman–Crippen LogP) is 5.76. The molecule has 6 nitrogen and oxygen atoms in total. The molecule has 0 saturated heterocycles. The Morgan fingerprint density at radius 3 is 1.90 bits per heavy atom. The number of ether oxygens (including phenoxy) is 1. The first-order valence-electron chi connectivity index (χ1n) is 11.2. The second-order valence-electron chi connectivity index (χ2n) is 8.44. The number of hydrogen-bond donors (Lipinski definition) is 1. The highest BCUT2D eigenvalue weighted by molar-refractivity contribution is 7.89. The van der Waals surface area contributed by atoms with Gasteiger partial charge in [-0.25, -0.2) is 13.2 Å². The second kappa shape index (κ2) is 12.3. The fourth-order valence-electron chi connectivity index (χ4n) is 3.61. The minimum atomic E-state index is -3.74. The smallest absolute Gasteiger partial charge is 0.409 e. The van der Waals surface area contributed by atoms with Gasteiger partial charge in [0.2, 0.25) is 10.0 Å². The van der Waals surface area contributed by atoms with Crippen molar-refractivity contribution < 1.29 is 17.9 Å². The summed E-state index contributed by atoms with van der Waals surface area (Å²) in [5, 5.41) is 0. The highest BCUT2D eigenvalue weighted by atomic mass is 32.2. The third-order valence-corrected chi connectivity index (χ3v) is 7.19. The van der Waals surface area contributed by atoms with Crippen LogP contribution >= 0.6 is 0 Å². The van der Waals surface area contributed by atoms with Crippen molar-refractivity contribution >= 4 is 16.1 Å². The molecule has 0 aliphatic carbocycles. The first kappa shape index (κ1) is 26.4. The summed E-state index contributed by atoms with van der Waals surface area (Å²) in [5.74, 6) is 0.186. The maximum Gasteiger partial charge on any atom is 0.409 e.